The van der Waals surface area contributed by atoms with Gasteiger partial charge in [-0.05, 0) is 73.9 Å². The first-order valence-electron chi connectivity index (χ1n) is 8.74. The summed E-state index contributed by atoms with van der Waals surface area (Å²) in [7, 11) is 0. The molecule has 2 heteroatoms. The summed E-state index contributed by atoms with van der Waals surface area (Å²) in [5.74, 6) is 0.208. The Morgan fingerprint density at radius 3 is 2.25 bits per heavy atom. The molecular formula is C22H26O2. The fourth-order valence-electron chi connectivity index (χ4n) is 3.44. The van der Waals surface area contributed by atoms with E-state index < -0.39 is 0 Å². The van der Waals surface area contributed by atoms with Crippen LogP contribution in [-0.4, -0.2) is 12.6 Å². The molecule has 1 heterocycles. The predicted molar refractivity (Wildman–Crippen MR) is 97.3 cm³/mol. The van der Waals surface area contributed by atoms with Crippen molar-refractivity contribution in [2.45, 2.75) is 46.5 Å². The first-order valence-corrected chi connectivity index (χ1v) is 8.74. The van der Waals surface area contributed by atoms with Crippen LogP contribution in [0.1, 0.15) is 45.7 Å². The number of cyclic esters (lactones) is 1. The van der Waals surface area contributed by atoms with E-state index in [1.807, 2.05) is 0 Å². The van der Waals surface area contributed by atoms with Gasteiger partial charge in [-0.3, -0.25) is 4.79 Å². The van der Waals surface area contributed by atoms with Crippen molar-refractivity contribution in [3.05, 3.63) is 69.8 Å². The Morgan fingerprint density at radius 2 is 1.58 bits per heavy atom. The van der Waals surface area contributed by atoms with Gasteiger partial charge in [0, 0.05) is 5.92 Å². The highest BCUT2D eigenvalue weighted by Gasteiger charge is 2.31. The minimum atomic E-state index is -0.0486. The third kappa shape index (κ3) is 3.53. The van der Waals surface area contributed by atoms with Crippen molar-refractivity contribution in [1.29, 1.82) is 0 Å². The van der Waals surface area contributed by atoms with E-state index in [1.165, 1.54) is 33.4 Å². The predicted octanol–water partition coefficient (Wildman–Crippen LogP) is 4.81. The summed E-state index contributed by atoms with van der Waals surface area (Å²) >= 11 is 0. The van der Waals surface area contributed by atoms with Gasteiger partial charge in [0.15, 0.2) is 0 Å². The maximum atomic E-state index is 12.2. The van der Waals surface area contributed by atoms with E-state index in [-0.39, 0.29) is 11.9 Å². The average Bonchev–Trinajstić information content (AvgIpc) is 2.56. The van der Waals surface area contributed by atoms with Crippen LogP contribution in [0, 0.1) is 33.6 Å². The van der Waals surface area contributed by atoms with E-state index in [0.29, 0.717) is 12.5 Å². The van der Waals surface area contributed by atoms with Crippen LogP contribution in [0.5, 0.6) is 0 Å². The topological polar surface area (TPSA) is 26.3 Å². The number of carbonyl (C=O) groups excluding carboxylic acids is 1. The maximum Gasteiger partial charge on any atom is 0.309 e. The molecule has 0 aliphatic carbocycles. The molecule has 0 N–H and O–H groups in total. The molecule has 3 rings (SSSR count). The van der Waals surface area contributed by atoms with E-state index in [4.69, 9.17) is 4.74 Å². The second kappa shape index (κ2) is 6.80. The van der Waals surface area contributed by atoms with Gasteiger partial charge in [0.2, 0.25) is 0 Å². The van der Waals surface area contributed by atoms with E-state index in [1.54, 1.807) is 0 Å². The van der Waals surface area contributed by atoms with Gasteiger partial charge in [-0.15, -0.1) is 0 Å². The highest BCUT2D eigenvalue weighted by atomic mass is 16.5. The lowest BCUT2D eigenvalue weighted by Gasteiger charge is -2.29. The fourth-order valence-corrected chi connectivity index (χ4v) is 3.44. The summed E-state index contributed by atoms with van der Waals surface area (Å²) < 4.78 is 5.51. The standard InChI is InChI=1S/C22H26O2/c1-14-5-7-18(9-16(14)3)11-20-12-21(13-24-22(20)23)19-8-6-15(2)17(4)10-19/h5-10,20-21H,11-13H2,1-4H3/t20-,21?/m1/s1. The van der Waals surface area contributed by atoms with Gasteiger partial charge in [0.1, 0.15) is 0 Å². The van der Waals surface area contributed by atoms with Gasteiger partial charge in [-0.2, -0.15) is 0 Å². The first-order chi connectivity index (χ1) is 11.4. The largest absolute Gasteiger partial charge is 0.465 e. The highest BCUT2D eigenvalue weighted by Crippen LogP contribution is 2.32. The minimum Gasteiger partial charge on any atom is -0.465 e. The maximum absolute atomic E-state index is 12.2. The lowest BCUT2D eigenvalue weighted by molar-refractivity contribution is -0.154. The van der Waals surface area contributed by atoms with Crippen LogP contribution >= 0.6 is 0 Å². The molecule has 1 unspecified atom stereocenters. The van der Waals surface area contributed by atoms with Gasteiger partial charge in [0.25, 0.3) is 0 Å². The van der Waals surface area contributed by atoms with E-state index in [9.17, 15) is 4.79 Å². The Hall–Kier alpha value is -2.09. The molecule has 0 bridgehead atoms. The third-order valence-corrected chi connectivity index (χ3v) is 5.38. The lowest BCUT2D eigenvalue weighted by Crippen LogP contribution is -2.31. The van der Waals surface area contributed by atoms with Crippen LogP contribution in [0.15, 0.2) is 36.4 Å². The molecule has 1 fully saturated rings. The monoisotopic (exact) mass is 322 g/mol. The Balaban J connectivity index is 1.76. The normalized spacial score (nSPS) is 20.8. The molecule has 2 aromatic carbocycles. The van der Waals surface area contributed by atoms with Crippen LogP contribution in [0.25, 0.3) is 0 Å². The van der Waals surface area contributed by atoms with Crippen molar-refractivity contribution >= 4 is 5.97 Å². The highest BCUT2D eigenvalue weighted by molar-refractivity contribution is 5.74. The van der Waals surface area contributed by atoms with Gasteiger partial charge in [0.05, 0.1) is 12.5 Å². The number of carbonyl (C=O) groups is 1. The molecule has 2 aromatic rings. The summed E-state index contributed by atoms with van der Waals surface area (Å²) in [4.78, 5) is 12.2. The first kappa shape index (κ1) is 16.8. The quantitative estimate of drug-likeness (QED) is 0.758. The second-order valence-electron chi connectivity index (χ2n) is 7.23. The van der Waals surface area contributed by atoms with Gasteiger partial charge < -0.3 is 4.74 Å². The van der Waals surface area contributed by atoms with E-state index in [0.717, 1.165) is 12.8 Å². The van der Waals surface area contributed by atoms with Gasteiger partial charge in [-0.1, -0.05) is 36.4 Å². The van der Waals surface area contributed by atoms with Crippen LogP contribution in [-0.2, 0) is 16.0 Å². The van der Waals surface area contributed by atoms with E-state index in [2.05, 4.69) is 64.1 Å². The molecular weight excluding hydrogens is 296 g/mol. The second-order valence-corrected chi connectivity index (χ2v) is 7.23. The van der Waals surface area contributed by atoms with Gasteiger partial charge in [-0.25, -0.2) is 0 Å². The summed E-state index contributed by atoms with van der Waals surface area (Å²) in [6, 6.07) is 13.1. The molecule has 1 aliphatic rings. The zero-order valence-electron chi connectivity index (χ0n) is 15.1. The van der Waals surface area contributed by atoms with Crippen molar-refractivity contribution < 1.29 is 9.53 Å². The summed E-state index contributed by atoms with van der Waals surface area (Å²) in [6.07, 6.45) is 1.63. The Morgan fingerprint density at radius 1 is 0.917 bits per heavy atom. The molecule has 0 radical (unpaired) electrons. The van der Waals surface area contributed by atoms with Crippen molar-refractivity contribution in [3.63, 3.8) is 0 Å². The van der Waals surface area contributed by atoms with Crippen molar-refractivity contribution in [2.24, 2.45) is 5.92 Å². The lowest BCUT2D eigenvalue weighted by atomic mass is 9.83. The molecule has 0 amide bonds. The summed E-state index contributed by atoms with van der Waals surface area (Å²) in [6.45, 7) is 9.01. The molecule has 1 saturated heterocycles. The molecule has 24 heavy (non-hydrogen) atoms. The Bertz CT molecular complexity index is 761. The average molecular weight is 322 g/mol. The zero-order valence-corrected chi connectivity index (χ0v) is 15.1. The SMILES string of the molecule is Cc1ccc(C[C@@H]2CC(c3ccc(C)c(C)c3)COC2=O)cc1C. The van der Waals surface area contributed by atoms with Crippen LogP contribution in [0.4, 0.5) is 0 Å². The van der Waals surface area contributed by atoms with Gasteiger partial charge >= 0.3 is 5.97 Å². The van der Waals surface area contributed by atoms with Crippen molar-refractivity contribution in [1.82, 2.24) is 0 Å². The van der Waals surface area contributed by atoms with Crippen molar-refractivity contribution in [2.75, 3.05) is 6.61 Å². The third-order valence-electron chi connectivity index (χ3n) is 5.38. The number of hydrogen-bond acceptors (Lipinski definition) is 2. The smallest absolute Gasteiger partial charge is 0.309 e. The number of ether oxygens (including phenoxy) is 1. The van der Waals surface area contributed by atoms with Crippen LogP contribution < -0.4 is 0 Å². The van der Waals surface area contributed by atoms with Crippen LogP contribution in [0.3, 0.4) is 0 Å². The molecule has 2 atom stereocenters. The van der Waals surface area contributed by atoms with E-state index >= 15 is 0 Å². The summed E-state index contributed by atoms with van der Waals surface area (Å²) in [5.41, 5.74) is 7.69. The summed E-state index contributed by atoms with van der Waals surface area (Å²) in [5, 5.41) is 0. The number of benzene rings is 2. The van der Waals surface area contributed by atoms with Crippen molar-refractivity contribution in [3.8, 4) is 0 Å². The molecule has 0 aromatic heterocycles. The number of hydrogen-bond donors (Lipinski definition) is 0. The Kier molecular flexibility index (Phi) is 4.75. The fraction of sp³-hybridized carbons (Fsp3) is 0.409. The number of aryl methyl sites for hydroxylation is 4. The molecule has 2 nitrogen and oxygen atoms in total. The number of esters is 1. The zero-order chi connectivity index (χ0) is 17.3. The molecule has 126 valence electrons. The molecule has 1 aliphatic heterocycles. The minimum absolute atomic E-state index is 0.0479. The molecule has 0 saturated carbocycles. The number of rotatable bonds is 3. The van der Waals surface area contributed by atoms with Crippen LogP contribution in [0.2, 0.25) is 0 Å². The Labute approximate surface area is 144 Å². The molecule has 0 spiro atoms.